The van der Waals surface area contributed by atoms with Crippen LogP contribution in [0.25, 0.3) is 16.9 Å². The Bertz CT molecular complexity index is 852. The van der Waals surface area contributed by atoms with Crippen molar-refractivity contribution in [2.24, 2.45) is 0 Å². The zero-order valence-electron chi connectivity index (χ0n) is 9.98. The number of aromatic amines is 1. The predicted molar refractivity (Wildman–Crippen MR) is 68.1 cm³/mol. The Morgan fingerprint density at radius 2 is 2.15 bits per heavy atom. The van der Waals surface area contributed by atoms with Gasteiger partial charge in [-0.15, -0.1) is 0 Å². The highest BCUT2D eigenvalue weighted by Crippen LogP contribution is 2.12. The SMILES string of the molecule is O=C(O)Oc1cnn(-c2nc3ccccc3c(=O)[nH]2)c1. The molecule has 2 N–H and O–H groups in total. The third kappa shape index (κ3) is 2.09. The van der Waals surface area contributed by atoms with Gasteiger partial charge in [-0.1, -0.05) is 12.1 Å². The number of H-pyrrole nitrogens is 1. The normalized spacial score (nSPS) is 10.6. The third-order valence-electron chi connectivity index (χ3n) is 2.58. The van der Waals surface area contributed by atoms with Crippen LogP contribution in [0.3, 0.4) is 0 Å². The lowest BCUT2D eigenvalue weighted by molar-refractivity contribution is 0.144. The summed E-state index contributed by atoms with van der Waals surface area (Å²) in [4.78, 5) is 29.1. The molecule has 0 fully saturated rings. The van der Waals surface area contributed by atoms with Crippen molar-refractivity contribution in [3.8, 4) is 11.7 Å². The van der Waals surface area contributed by atoms with Gasteiger partial charge in [0.2, 0.25) is 5.95 Å². The summed E-state index contributed by atoms with van der Waals surface area (Å²) in [5.74, 6) is 0.210. The van der Waals surface area contributed by atoms with Gasteiger partial charge in [0.15, 0.2) is 5.75 Å². The summed E-state index contributed by atoms with van der Waals surface area (Å²) in [5.41, 5.74) is 0.212. The summed E-state index contributed by atoms with van der Waals surface area (Å²) in [6, 6.07) is 6.87. The van der Waals surface area contributed by atoms with Gasteiger partial charge in [0.05, 0.1) is 23.3 Å². The Morgan fingerprint density at radius 3 is 2.95 bits per heavy atom. The second kappa shape index (κ2) is 4.50. The van der Waals surface area contributed by atoms with Gasteiger partial charge in [-0.25, -0.2) is 14.5 Å². The number of nitrogens with zero attached hydrogens (tertiary/aromatic N) is 3. The molecule has 8 nitrogen and oxygen atoms in total. The minimum atomic E-state index is -1.44. The molecule has 0 unspecified atom stereocenters. The molecule has 0 aliphatic heterocycles. The molecule has 0 aliphatic rings. The summed E-state index contributed by atoms with van der Waals surface area (Å²) in [5, 5.41) is 12.8. The Balaban J connectivity index is 2.08. The lowest BCUT2D eigenvalue weighted by Gasteiger charge is -2.01. The quantitative estimate of drug-likeness (QED) is 0.677. The first-order valence-corrected chi connectivity index (χ1v) is 5.58. The number of hydrogen-bond donors (Lipinski definition) is 2. The van der Waals surface area contributed by atoms with Gasteiger partial charge in [0.1, 0.15) is 0 Å². The molecule has 8 heteroatoms. The minimum Gasteiger partial charge on any atom is -0.449 e. The van der Waals surface area contributed by atoms with E-state index in [-0.39, 0.29) is 17.3 Å². The van der Waals surface area contributed by atoms with Gasteiger partial charge in [-0.2, -0.15) is 5.10 Å². The lowest BCUT2D eigenvalue weighted by Crippen LogP contribution is -2.13. The monoisotopic (exact) mass is 272 g/mol. The van der Waals surface area contributed by atoms with Crippen molar-refractivity contribution >= 4 is 17.1 Å². The van der Waals surface area contributed by atoms with Crippen molar-refractivity contribution < 1.29 is 14.6 Å². The van der Waals surface area contributed by atoms with Gasteiger partial charge in [-0.05, 0) is 12.1 Å². The Labute approximate surface area is 111 Å². The Morgan fingerprint density at radius 1 is 1.35 bits per heavy atom. The van der Waals surface area contributed by atoms with Gasteiger partial charge in [0, 0.05) is 0 Å². The Hall–Kier alpha value is -3.16. The number of rotatable bonds is 2. The maximum Gasteiger partial charge on any atom is 0.511 e. The van der Waals surface area contributed by atoms with Crippen molar-refractivity contribution in [3.05, 3.63) is 47.0 Å². The molecule has 2 heterocycles. The first kappa shape index (κ1) is 11.9. The maximum atomic E-state index is 11.9. The average molecular weight is 272 g/mol. The van der Waals surface area contributed by atoms with Gasteiger partial charge in [-0.3, -0.25) is 9.78 Å². The van der Waals surface area contributed by atoms with Crippen molar-refractivity contribution in [2.45, 2.75) is 0 Å². The summed E-state index contributed by atoms with van der Waals surface area (Å²) in [6.45, 7) is 0. The van der Waals surface area contributed by atoms with Gasteiger partial charge >= 0.3 is 6.16 Å². The van der Waals surface area contributed by atoms with Crippen LogP contribution in [0.4, 0.5) is 4.79 Å². The van der Waals surface area contributed by atoms with E-state index in [2.05, 4.69) is 19.8 Å². The first-order chi connectivity index (χ1) is 9.63. The summed E-state index contributed by atoms with van der Waals surface area (Å²) in [6.07, 6.45) is 1.08. The van der Waals surface area contributed by atoms with Crippen LogP contribution in [0.1, 0.15) is 0 Å². The topological polar surface area (TPSA) is 110 Å². The number of para-hydroxylation sites is 1. The first-order valence-electron chi connectivity index (χ1n) is 5.58. The van der Waals surface area contributed by atoms with Crippen LogP contribution in [0, 0.1) is 0 Å². The van der Waals surface area contributed by atoms with Crippen LogP contribution >= 0.6 is 0 Å². The second-order valence-electron chi connectivity index (χ2n) is 3.90. The van der Waals surface area contributed by atoms with Crippen molar-refractivity contribution in [2.75, 3.05) is 0 Å². The van der Waals surface area contributed by atoms with Crippen LogP contribution in [0.5, 0.6) is 5.75 Å². The number of carboxylic acid groups (broad SMARTS) is 1. The molecule has 2 aromatic heterocycles. The van der Waals surface area contributed by atoms with Crippen molar-refractivity contribution in [1.82, 2.24) is 19.7 Å². The molecule has 0 aliphatic carbocycles. The molecule has 0 bridgehead atoms. The fourth-order valence-corrected chi connectivity index (χ4v) is 1.76. The van der Waals surface area contributed by atoms with Crippen LogP contribution in [-0.2, 0) is 0 Å². The van der Waals surface area contributed by atoms with Crippen LogP contribution in [0.15, 0.2) is 41.5 Å². The van der Waals surface area contributed by atoms with E-state index in [0.717, 1.165) is 0 Å². The number of fused-ring (bicyclic) bond motifs is 1. The van der Waals surface area contributed by atoms with E-state index in [4.69, 9.17) is 5.11 Å². The molecule has 0 atom stereocenters. The van der Waals surface area contributed by atoms with E-state index in [1.165, 1.54) is 17.1 Å². The smallest absolute Gasteiger partial charge is 0.449 e. The van der Waals surface area contributed by atoms with Crippen LogP contribution in [-0.4, -0.2) is 31.0 Å². The largest absolute Gasteiger partial charge is 0.511 e. The van der Waals surface area contributed by atoms with E-state index in [9.17, 15) is 9.59 Å². The molecule has 1 aromatic carbocycles. The minimum absolute atomic E-state index is 0.0355. The van der Waals surface area contributed by atoms with Crippen molar-refractivity contribution in [1.29, 1.82) is 0 Å². The lowest BCUT2D eigenvalue weighted by atomic mass is 10.2. The summed E-state index contributed by atoms with van der Waals surface area (Å²) in [7, 11) is 0. The standard InChI is InChI=1S/C12H8N4O4/c17-10-8-3-1-2-4-9(8)14-11(15-10)16-6-7(5-13-16)20-12(18)19/h1-6H,(H,18,19)(H,14,15,17). The molecule has 0 saturated carbocycles. The van der Waals surface area contributed by atoms with Crippen LogP contribution in [0.2, 0.25) is 0 Å². The number of benzene rings is 1. The molecular formula is C12H8N4O4. The highest BCUT2D eigenvalue weighted by atomic mass is 16.7. The van der Waals surface area contributed by atoms with E-state index in [0.29, 0.717) is 10.9 Å². The number of ether oxygens (including phenoxy) is 1. The van der Waals surface area contributed by atoms with Crippen LogP contribution < -0.4 is 10.3 Å². The van der Waals surface area contributed by atoms with Gasteiger partial charge in [0.25, 0.3) is 5.56 Å². The molecule has 3 rings (SSSR count). The molecule has 0 amide bonds. The predicted octanol–water partition coefficient (Wildman–Crippen LogP) is 1.17. The fourth-order valence-electron chi connectivity index (χ4n) is 1.76. The van der Waals surface area contributed by atoms with Crippen molar-refractivity contribution in [3.63, 3.8) is 0 Å². The second-order valence-corrected chi connectivity index (χ2v) is 3.90. The molecule has 0 saturated heterocycles. The highest BCUT2D eigenvalue weighted by Gasteiger charge is 2.09. The average Bonchev–Trinajstić information content (AvgIpc) is 2.86. The van der Waals surface area contributed by atoms with E-state index in [1.54, 1.807) is 24.3 Å². The number of carbonyl (C=O) groups is 1. The molecule has 100 valence electrons. The van der Waals surface area contributed by atoms with Gasteiger partial charge < -0.3 is 9.84 Å². The fraction of sp³-hybridized carbons (Fsp3) is 0. The zero-order chi connectivity index (χ0) is 14.1. The zero-order valence-corrected chi connectivity index (χ0v) is 9.98. The Kier molecular flexibility index (Phi) is 2.68. The van der Waals surface area contributed by atoms with E-state index in [1.807, 2.05) is 0 Å². The third-order valence-corrected chi connectivity index (χ3v) is 2.58. The van der Waals surface area contributed by atoms with E-state index < -0.39 is 6.16 Å². The maximum absolute atomic E-state index is 11.9. The number of hydrogen-bond acceptors (Lipinski definition) is 5. The summed E-state index contributed by atoms with van der Waals surface area (Å²) < 4.78 is 5.68. The molecule has 0 spiro atoms. The summed E-state index contributed by atoms with van der Waals surface area (Å²) >= 11 is 0. The number of nitrogens with one attached hydrogen (secondary N) is 1. The molecule has 0 radical (unpaired) electrons. The van der Waals surface area contributed by atoms with E-state index >= 15 is 0 Å². The highest BCUT2D eigenvalue weighted by molar-refractivity contribution is 5.77. The molecular weight excluding hydrogens is 264 g/mol. The molecule has 3 aromatic rings. The number of aromatic nitrogens is 4. The molecule has 20 heavy (non-hydrogen) atoms.